The van der Waals surface area contributed by atoms with Crippen molar-refractivity contribution in [3.8, 4) is 21.1 Å². The highest BCUT2D eigenvalue weighted by atomic mass is 32.1. The molecule has 4 rings (SSSR count). The number of hydrogen-bond donors (Lipinski definition) is 0. The Kier molecular flexibility index (Phi) is 3.78. The molecule has 0 spiro atoms. The summed E-state index contributed by atoms with van der Waals surface area (Å²) in [6.45, 7) is 1.77. The summed E-state index contributed by atoms with van der Waals surface area (Å²) in [6, 6.07) is 14.8. The molecule has 0 saturated heterocycles. The predicted molar refractivity (Wildman–Crippen MR) is 93.2 cm³/mol. The van der Waals surface area contributed by atoms with Gasteiger partial charge in [0.15, 0.2) is 0 Å². The summed E-state index contributed by atoms with van der Waals surface area (Å²) < 4.78 is 4.27. The minimum atomic E-state index is 0.879. The largest absolute Gasteiger partial charge is 0.336 e. The van der Waals surface area contributed by atoms with Gasteiger partial charge in [-0.2, -0.15) is 0 Å². The molecular formula is C18H16N4S. The van der Waals surface area contributed by atoms with E-state index in [0.717, 1.165) is 18.9 Å². The lowest BCUT2D eigenvalue weighted by molar-refractivity contribution is 0.582. The molecule has 0 unspecified atom stereocenters. The summed E-state index contributed by atoms with van der Waals surface area (Å²) in [6.07, 6.45) is 9.53. The van der Waals surface area contributed by atoms with Crippen molar-refractivity contribution < 1.29 is 0 Å². The second kappa shape index (κ2) is 6.22. The first kappa shape index (κ1) is 14.0. The molecular weight excluding hydrogens is 304 g/mol. The van der Waals surface area contributed by atoms with Gasteiger partial charge in [0.05, 0.1) is 11.2 Å². The molecule has 0 bridgehead atoms. The van der Waals surface area contributed by atoms with E-state index in [4.69, 9.17) is 0 Å². The zero-order chi connectivity index (χ0) is 15.5. The molecule has 0 aliphatic carbocycles. The van der Waals surface area contributed by atoms with Gasteiger partial charge >= 0.3 is 0 Å². The number of aryl methyl sites for hydroxylation is 2. The molecule has 1 aromatic carbocycles. The number of benzene rings is 1. The molecule has 0 atom stereocenters. The van der Waals surface area contributed by atoms with E-state index in [1.807, 2.05) is 31.0 Å². The van der Waals surface area contributed by atoms with Gasteiger partial charge in [-0.15, -0.1) is 11.3 Å². The average Bonchev–Trinajstić information content (AvgIpc) is 3.33. The molecule has 0 saturated carbocycles. The third kappa shape index (κ3) is 2.96. The third-order valence-electron chi connectivity index (χ3n) is 3.76. The zero-order valence-electron chi connectivity index (χ0n) is 12.5. The molecule has 0 N–H and O–H groups in total. The third-order valence-corrected chi connectivity index (χ3v) is 4.89. The Bertz CT molecular complexity index is 875. The van der Waals surface area contributed by atoms with E-state index in [0.29, 0.717) is 0 Å². The molecule has 23 heavy (non-hydrogen) atoms. The normalized spacial score (nSPS) is 11.0. The fourth-order valence-corrected chi connectivity index (χ4v) is 3.60. The topological polar surface area (TPSA) is 35.6 Å². The summed E-state index contributed by atoms with van der Waals surface area (Å²) in [7, 11) is 0. The van der Waals surface area contributed by atoms with Crippen LogP contribution < -0.4 is 0 Å². The highest BCUT2D eigenvalue weighted by Gasteiger charge is 2.10. The standard InChI is InChI=1S/C18H16N4S/c1-2-4-15(5-3-1)16-6-7-17(23-16)18-20-9-11-22(18)13-12-21-10-8-19-14-21/h1-11,14H,12-13H2. The molecule has 0 aliphatic rings. The highest BCUT2D eigenvalue weighted by molar-refractivity contribution is 7.18. The van der Waals surface area contributed by atoms with Crippen molar-refractivity contribution in [2.45, 2.75) is 13.1 Å². The summed E-state index contributed by atoms with van der Waals surface area (Å²) in [4.78, 5) is 11.1. The van der Waals surface area contributed by atoms with E-state index in [1.54, 1.807) is 17.5 Å². The molecule has 0 aliphatic heterocycles. The molecule has 3 heterocycles. The van der Waals surface area contributed by atoms with Crippen LogP contribution in [0.25, 0.3) is 21.1 Å². The highest BCUT2D eigenvalue weighted by Crippen LogP contribution is 2.33. The van der Waals surface area contributed by atoms with Crippen LogP contribution in [0.15, 0.2) is 73.6 Å². The molecule has 4 aromatic rings. The van der Waals surface area contributed by atoms with E-state index in [1.165, 1.54) is 15.3 Å². The van der Waals surface area contributed by atoms with Crippen molar-refractivity contribution in [1.82, 2.24) is 19.1 Å². The first-order chi connectivity index (χ1) is 11.4. The first-order valence-corrected chi connectivity index (χ1v) is 8.34. The quantitative estimate of drug-likeness (QED) is 0.553. The first-order valence-electron chi connectivity index (χ1n) is 7.53. The van der Waals surface area contributed by atoms with Crippen LogP contribution in [0.2, 0.25) is 0 Å². The lowest BCUT2D eigenvalue weighted by atomic mass is 10.2. The van der Waals surface area contributed by atoms with Crippen LogP contribution in [-0.4, -0.2) is 19.1 Å². The van der Waals surface area contributed by atoms with E-state index in [-0.39, 0.29) is 0 Å². The molecule has 4 nitrogen and oxygen atoms in total. The van der Waals surface area contributed by atoms with Crippen LogP contribution in [0.4, 0.5) is 0 Å². The number of aromatic nitrogens is 4. The van der Waals surface area contributed by atoms with Crippen molar-refractivity contribution >= 4 is 11.3 Å². The summed E-state index contributed by atoms with van der Waals surface area (Å²) in [5.41, 5.74) is 1.25. The van der Waals surface area contributed by atoms with Crippen LogP contribution >= 0.6 is 11.3 Å². The van der Waals surface area contributed by atoms with Crippen LogP contribution in [-0.2, 0) is 13.1 Å². The van der Waals surface area contributed by atoms with Crippen molar-refractivity contribution in [2.75, 3.05) is 0 Å². The Morgan fingerprint density at radius 2 is 1.74 bits per heavy atom. The number of hydrogen-bond acceptors (Lipinski definition) is 3. The zero-order valence-corrected chi connectivity index (χ0v) is 13.4. The van der Waals surface area contributed by atoms with Gasteiger partial charge in [0.25, 0.3) is 0 Å². The summed E-state index contributed by atoms with van der Waals surface area (Å²) in [5, 5.41) is 0. The lowest BCUT2D eigenvalue weighted by Gasteiger charge is -2.07. The number of rotatable bonds is 5. The maximum atomic E-state index is 4.54. The van der Waals surface area contributed by atoms with Crippen molar-refractivity contribution in [2.24, 2.45) is 0 Å². The van der Waals surface area contributed by atoms with Crippen LogP contribution in [0.1, 0.15) is 0 Å². The van der Waals surface area contributed by atoms with Gasteiger partial charge in [-0.25, -0.2) is 9.97 Å². The maximum absolute atomic E-state index is 4.54. The van der Waals surface area contributed by atoms with Gasteiger partial charge in [-0.1, -0.05) is 30.3 Å². The van der Waals surface area contributed by atoms with E-state index in [9.17, 15) is 0 Å². The average molecular weight is 320 g/mol. The Hall–Kier alpha value is -2.66. The SMILES string of the molecule is c1ccc(-c2ccc(-c3nccn3CCn3ccnc3)s2)cc1. The molecule has 3 aromatic heterocycles. The molecule has 0 fully saturated rings. The van der Waals surface area contributed by atoms with Crippen LogP contribution in [0.5, 0.6) is 0 Å². The van der Waals surface area contributed by atoms with Gasteiger partial charge < -0.3 is 9.13 Å². The molecule has 0 radical (unpaired) electrons. The molecule has 0 amide bonds. The second-order valence-electron chi connectivity index (χ2n) is 5.27. The predicted octanol–water partition coefficient (Wildman–Crippen LogP) is 4.18. The number of imidazole rings is 2. The summed E-state index contributed by atoms with van der Waals surface area (Å²) in [5.74, 6) is 1.03. The molecule has 5 heteroatoms. The Morgan fingerprint density at radius 3 is 2.57 bits per heavy atom. The number of thiophene rings is 1. The van der Waals surface area contributed by atoms with E-state index >= 15 is 0 Å². The van der Waals surface area contributed by atoms with Gasteiger partial charge in [-0.3, -0.25) is 0 Å². The lowest BCUT2D eigenvalue weighted by Crippen LogP contribution is -2.06. The minimum Gasteiger partial charge on any atom is -0.336 e. The van der Waals surface area contributed by atoms with Crippen LogP contribution in [0, 0.1) is 0 Å². The second-order valence-corrected chi connectivity index (χ2v) is 6.36. The van der Waals surface area contributed by atoms with Gasteiger partial charge in [-0.05, 0) is 17.7 Å². The Morgan fingerprint density at radius 1 is 0.870 bits per heavy atom. The molecule has 114 valence electrons. The number of nitrogens with zero attached hydrogens (tertiary/aromatic N) is 4. The van der Waals surface area contributed by atoms with E-state index in [2.05, 4.69) is 55.5 Å². The van der Waals surface area contributed by atoms with Gasteiger partial charge in [0.1, 0.15) is 5.82 Å². The van der Waals surface area contributed by atoms with Crippen molar-refractivity contribution in [3.63, 3.8) is 0 Å². The monoisotopic (exact) mass is 320 g/mol. The fourth-order valence-electron chi connectivity index (χ4n) is 2.57. The summed E-state index contributed by atoms with van der Waals surface area (Å²) >= 11 is 1.78. The van der Waals surface area contributed by atoms with Crippen LogP contribution in [0.3, 0.4) is 0 Å². The van der Waals surface area contributed by atoms with Crippen molar-refractivity contribution in [1.29, 1.82) is 0 Å². The Balaban J connectivity index is 1.57. The van der Waals surface area contributed by atoms with E-state index < -0.39 is 0 Å². The maximum Gasteiger partial charge on any atom is 0.150 e. The van der Waals surface area contributed by atoms with Gasteiger partial charge in [0.2, 0.25) is 0 Å². The smallest absolute Gasteiger partial charge is 0.150 e. The Labute approximate surface area is 138 Å². The van der Waals surface area contributed by atoms with Crippen molar-refractivity contribution in [3.05, 3.63) is 73.6 Å². The fraction of sp³-hybridized carbons (Fsp3) is 0.111. The minimum absolute atomic E-state index is 0.879. The van der Waals surface area contributed by atoms with Gasteiger partial charge in [0, 0.05) is 42.8 Å².